The van der Waals surface area contributed by atoms with Crippen LogP contribution in [0.2, 0.25) is 10.0 Å². The van der Waals surface area contributed by atoms with E-state index in [4.69, 9.17) is 27.9 Å². The molecule has 19 heavy (non-hydrogen) atoms. The third-order valence-corrected chi connectivity index (χ3v) is 4.08. The molecular formula is C14H19Cl2NO2. The van der Waals surface area contributed by atoms with Crippen LogP contribution in [0.3, 0.4) is 0 Å². The quantitative estimate of drug-likeness (QED) is 0.903. The largest absolute Gasteiger partial charge is 0.495 e. The highest BCUT2D eigenvalue weighted by Gasteiger charge is 2.26. The Labute approximate surface area is 124 Å². The molecule has 0 bridgehead atoms. The number of hydrogen-bond donors (Lipinski definition) is 1. The molecule has 2 rings (SSSR count). The van der Waals surface area contributed by atoms with Gasteiger partial charge in [0.2, 0.25) is 0 Å². The van der Waals surface area contributed by atoms with Gasteiger partial charge in [-0.05, 0) is 44.5 Å². The van der Waals surface area contributed by atoms with Crippen molar-refractivity contribution in [2.45, 2.75) is 25.3 Å². The Bertz CT molecular complexity index is 434. The monoisotopic (exact) mass is 303 g/mol. The van der Waals surface area contributed by atoms with E-state index in [1.807, 2.05) is 6.07 Å². The summed E-state index contributed by atoms with van der Waals surface area (Å²) in [4.78, 5) is 2.36. The van der Waals surface area contributed by atoms with E-state index in [-0.39, 0.29) is 12.6 Å². The second-order valence-electron chi connectivity index (χ2n) is 4.78. The number of hydrogen-bond acceptors (Lipinski definition) is 3. The second kappa shape index (κ2) is 6.80. The highest BCUT2D eigenvalue weighted by molar-refractivity contribution is 6.35. The SMILES string of the molecule is COc1c(Cl)cc(Cl)cc1C(CCO)N1CCCC1. The number of ether oxygens (including phenoxy) is 1. The van der Waals surface area contributed by atoms with Crippen LogP contribution >= 0.6 is 23.2 Å². The van der Waals surface area contributed by atoms with E-state index in [0.717, 1.165) is 18.7 Å². The molecule has 0 aromatic heterocycles. The fourth-order valence-corrected chi connectivity index (χ4v) is 3.34. The summed E-state index contributed by atoms with van der Waals surface area (Å²) in [6.45, 7) is 2.21. The maximum Gasteiger partial charge on any atom is 0.142 e. The van der Waals surface area contributed by atoms with Crippen LogP contribution < -0.4 is 4.74 Å². The van der Waals surface area contributed by atoms with Gasteiger partial charge in [0.05, 0.1) is 12.1 Å². The molecule has 1 saturated heterocycles. The standard InChI is InChI=1S/C14H19Cl2NO2/c1-19-14-11(8-10(15)9-12(14)16)13(4-7-18)17-5-2-3-6-17/h8-9,13,18H,2-7H2,1H3. The van der Waals surface area contributed by atoms with E-state index < -0.39 is 0 Å². The van der Waals surface area contributed by atoms with Crippen LogP contribution in [-0.4, -0.2) is 36.8 Å². The van der Waals surface area contributed by atoms with Gasteiger partial charge in [-0.2, -0.15) is 0 Å². The van der Waals surface area contributed by atoms with Gasteiger partial charge in [-0.3, -0.25) is 4.90 Å². The summed E-state index contributed by atoms with van der Waals surface area (Å²) in [7, 11) is 1.61. The van der Waals surface area contributed by atoms with Crippen LogP contribution in [0.15, 0.2) is 12.1 Å². The number of nitrogens with zero attached hydrogens (tertiary/aromatic N) is 1. The van der Waals surface area contributed by atoms with E-state index in [9.17, 15) is 5.11 Å². The van der Waals surface area contributed by atoms with Crippen LogP contribution in [-0.2, 0) is 0 Å². The summed E-state index contributed by atoms with van der Waals surface area (Å²) in [5, 5.41) is 10.4. The van der Waals surface area contributed by atoms with E-state index in [0.29, 0.717) is 22.2 Å². The minimum absolute atomic E-state index is 0.110. The Morgan fingerprint density at radius 3 is 2.58 bits per heavy atom. The number of methoxy groups -OCH3 is 1. The summed E-state index contributed by atoms with van der Waals surface area (Å²) in [6.07, 6.45) is 3.05. The molecule has 1 unspecified atom stereocenters. The third-order valence-electron chi connectivity index (χ3n) is 3.58. The van der Waals surface area contributed by atoms with Crippen molar-refractivity contribution in [3.05, 3.63) is 27.7 Å². The lowest BCUT2D eigenvalue weighted by molar-refractivity contribution is 0.182. The molecule has 1 N–H and O–H groups in total. The predicted octanol–water partition coefficient (Wildman–Crippen LogP) is 3.52. The molecule has 1 heterocycles. The molecule has 1 aromatic carbocycles. The first-order valence-electron chi connectivity index (χ1n) is 6.55. The van der Waals surface area contributed by atoms with Crippen LogP contribution in [0.5, 0.6) is 5.75 Å². The summed E-state index contributed by atoms with van der Waals surface area (Å²) in [5.74, 6) is 0.663. The fraction of sp³-hybridized carbons (Fsp3) is 0.571. The lowest BCUT2D eigenvalue weighted by Crippen LogP contribution is -2.27. The van der Waals surface area contributed by atoms with Crippen molar-refractivity contribution < 1.29 is 9.84 Å². The third kappa shape index (κ3) is 3.34. The normalized spacial score (nSPS) is 17.7. The molecule has 3 nitrogen and oxygen atoms in total. The van der Waals surface area contributed by atoms with Crippen molar-refractivity contribution >= 4 is 23.2 Å². The molecule has 1 atom stereocenters. The zero-order valence-electron chi connectivity index (χ0n) is 11.0. The van der Waals surface area contributed by atoms with E-state index >= 15 is 0 Å². The van der Waals surface area contributed by atoms with E-state index in [1.54, 1.807) is 13.2 Å². The Balaban J connectivity index is 2.39. The number of aliphatic hydroxyl groups is 1. The smallest absolute Gasteiger partial charge is 0.142 e. The zero-order chi connectivity index (χ0) is 13.8. The highest BCUT2D eigenvalue weighted by Crippen LogP contribution is 2.40. The number of likely N-dealkylation sites (tertiary alicyclic amines) is 1. The van der Waals surface area contributed by atoms with Crippen LogP contribution in [0.1, 0.15) is 30.9 Å². The molecule has 1 fully saturated rings. The number of aliphatic hydroxyl groups excluding tert-OH is 1. The Hall–Kier alpha value is -0.480. The average molecular weight is 304 g/mol. The Morgan fingerprint density at radius 2 is 2.00 bits per heavy atom. The Kier molecular flexibility index (Phi) is 5.34. The fourth-order valence-electron chi connectivity index (χ4n) is 2.75. The molecule has 106 valence electrons. The number of benzene rings is 1. The molecule has 1 aromatic rings. The van der Waals surface area contributed by atoms with Gasteiger partial charge in [0.25, 0.3) is 0 Å². The molecule has 0 radical (unpaired) electrons. The van der Waals surface area contributed by atoms with Crippen LogP contribution in [0, 0.1) is 0 Å². The lowest BCUT2D eigenvalue weighted by atomic mass is 10.0. The van der Waals surface area contributed by atoms with Gasteiger partial charge < -0.3 is 9.84 Å². The zero-order valence-corrected chi connectivity index (χ0v) is 12.5. The second-order valence-corrected chi connectivity index (χ2v) is 5.62. The predicted molar refractivity (Wildman–Crippen MR) is 78.3 cm³/mol. The number of rotatable bonds is 5. The van der Waals surface area contributed by atoms with Crippen molar-refractivity contribution in [1.82, 2.24) is 4.90 Å². The minimum atomic E-state index is 0.110. The molecule has 0 spiro atoms. The summed E-state index contributed by atoms with van der Waals surface area (Å²) in [6, 6.07) is 3.69. The van der Waals surface area contributed by atoms with Crippen molar-refractivity contribution in [2.24, 2.45) is 0 Å². The summed E-state index contributed by atoms with van der Waals surface area (Å²) in [5.41, 5.74) is 0.968. The van der Waals surface area contributed by atoms with Gasteiger partial charge in [0.1, 0.15) is 5.75 Å². The Morgan fingerprint density at radius 1 is 1.32 bits per heavy atom. The van der Waals surface area contributed by atoms with Gasteiger partial charge in [0, 0.05) is 23.2 Å². The maximum absolute atomic E-state index is 9.33. The van der Waals surface area contributed by atoms with Gasteiger partial charge in [0.15, 0.2) is 0 Å². The minimum Gasteiger partial charge on any atom is -0.495 e. The van der Waals surface area contributed by atoms with Gasteiger partial charge in [-0.25, -0.2) is 0 Å². The topological polar surface area (TPSA) is 32.7 Å². The van der Waals surface area contributed by atoms with Gasteiger partial charge in [-0.1, -0.05) is 23.2 Å². The number of halogens is 2. The van der Waals surface area contributed by atoms with Crippen LogP contribution in [0.25, 0.3) is 0 Å². The molecule has 0 saturated carbocycles. The van der Waals surface area contributed by atoms with E-state index in [1.165, 1.54) is 12.8 Å². The van der Waals surface area contributed by atoms with Crippen molar-refractivity contribution in [1.29, 1.82) is 0 Å². The highest BCUT2D eigenvalue weighted by atomic mass is 35.5. The van der Waals surface area contributed by atoms with Gasteiger partial charge >= 0.3 is 0 Å². The van der Waals surface area contributed by atoms with Crippen molar-refractivity contribution in [3.8, 4) is 5.75 Å². The maximum atomic E-state index is 9.33. The first kappa shape index (κ1) is 14.9. The molecule has 1 aliphatic rings. The molecular weight excluding hydrogens is 285 g/mol. The lowest BCUT2D eigenvalue weighted by Gasteiger charge is -2.29. The summed E-state index contributed by atoms with van der Waals surface area (Å²) < 4.78 is 5.42. The first-order valence-corrected chi connectivity index (χ1v) is 7.30. The first-order chi connectivity index (χ1) is 9.17. The molecule has 0 aliphatic carbocycles. The summed E-state index contributed by atoms with van der Waals surface area (Å²) >= 11 is 12.3. The van der Waals surface area contributed by atoms with Crippen molar-refractivity contribution in [2.75, 3.05) is 26.8 Å². The van der Waals surface area contributed by atoms with Crippen LogP contribution in [0.4, 0.5) is 0 Å². The van der Waals surface area contributed by atoms with E-state index in [2.05, 4.69) is 4.90 Å². The van der Waals surface area contributed by atoms with Crippen molar-refractivity contribution in [3.63, 3.8) is 0 Å². The van der Waals surface area contributed by atoms with Gasteiger partial charge in [-0.15, -0.1) is 0 Å². The molecule has 1 aliphatic heterocycles. The average Bonchev–Trinajstić information content (AvgIpc) is 2.88. The molecule has 0 amide bonds. The molecule has 5 heteroatoms.